The lowest BCUT2D eigenvalue weighted by Gasteiger charge is -2.23. The second-order valence-electron chi connectivity index (χ2n) is 5.45. The zero-order valence-electron chi connectivity index (χ0n) is 12.6. The molecule has 1 N–H and O–H groups in total. The highest BCUT2D eigenvalue weighted by Gasteiger charge is 2.30. The Morgan fingerprint density at radius 1 is 1.50 bits per heavy atom. The van der Waals surface area contributed by atoms with Crippen LogP contribution >= 0.6 is 34.5 Å². The molecule has 1 aromatic carbocycles. The molecule has 1 aliphatic rings. The van der Waals surface area contributed by atoms with Gasteiger partial charge in [-0.1, -0.05) is 23.2 Å². The summed E-state index contributed by atoms with van der Waals surface area (Å²) in [5.41, 5.74) is 1.17. The third-order valence-electron chi connectivity index (χ3n) is 3.94. The normalized spacial score (nSPS) is 16.9. The standard InChI is InChI=1S/C16H14Cl2N4OS/c17-10-3-4-12(13(18)6-10)15-21-14(8-24-15)16(23)22-5-1-2-11(22)7-20-9-19/h3-4,6,8,11,20H,1-2,5,7H2/t11-/m1/s1. The molecule has 3 rings (SSSR count). The van der Waals surface area contributed by atoms with Crippen molar-refractivity contribution in [3.63, 3.8) is 0 Å². The van der Waals surface area contributed by atoms with Crippen LogP contribution in [0.25, 0.3) is 10.6 Å². The predicted molar refractivity (Wildman–Crippen MR) is 95.2 cm³/mol. The average molecular weight is 381 g/mol. The summed E-state index contributed by atoms with van der Waals surface area (Å²) in [7, 11) is 0. The molecular weight excluding hydrogens is 367 g/mol. The molecule has 8 heteroatoms. The minimum atomic E-state index is -0.107. The van der Waals surface area contributed by atoms with E-state index < -0.39 is 0 Å². The molecule has 0 radical (unpaired) electrons. The number of rotatable bonds is 4. The van der Waals surface area contributed by atoms with Crippen molar-refractivity contribution in [3.05, 3.63) is 39.3 Å². The first-order valence-corrected chi connectivity index (χ1v) is 9.07. The summed E-state index contributed by atoms with van der Waals surface area (Å²) in [6.07, 6.45) is 3.73. The quantitative estimate of drug-likeness (QED) is 0.646. The van der Waals surface area contributed by atoms with E-state index in [2.05, 4.69) is 10.3 Å². The minimum Gasteiger partial charge on any atom is -0.333 e. The van der Waals surface area contributed by atoms with Crippen LogP contribution in [0.5, 0.6) is 0 Å². The maximum absolute atomic E-state index is 12.7. The van der Waals surface area contributed by atoms with E-state index in [1.807, 2.05) is 6.19 Å². The van der Waals surface area contributed by atoms with Crippen molar-refractivity contribution in [2.45, 2.75) is 18.9 Å². The van der Waals surface area contributed by atoms with Gasteiger partial charge in [0.1, 0.15) is 10.7 Å². The third kappa shape index (κ3) is 3.48. The van der Waals surface area contributed by atoms with Gasteiger partial charge >= 0.3 is 0 Å². The number of likely N-dealkylation sites (tertiary alicyclic amines) is 1. The largest absolute Gasteiger partial charge is 0.333 e. The van der Waals surface area contributed by atoms with Crippen LogP contribution in [0, 0.1) is 11.5 Å². The van der Waals surface area contributed by atoms with Crippen molar-refractivity contribution in [3.8, 4) is 16.8 Å². The van der Waals surface area contributed by atoms with Gasteiger partial charge in [-0.15, -0.1) is 11.3 Å². The van der Waals surface area contributed by atoms with Gasteiger partial charge in [0.25, 0.3) is 5.91 Å². The zero-order valence-corrected chi connectivity index (χ0v) is 15.0. The number of nitrogens with one attached hydrogen (secondary N) is 1. The molecule has 0 aliphatic carbocycles. The van der Waals surface area contributed by atoms with E-state index in [1.54, 1.807) is 28.5 Å². The van der Waals surface area contributed by atoms with Crippen LogP contribution in [0.3, 0.4) is 0 Å². The molecule has 5 nitrogen and oxygen atoms in total. The Morgan fingerprint density at radius 2 is 2.33 bits per heavy atom. The number of aromatic nitrogens is 1. The second-order valence-corrected chi connectivity index (χ2v) is 7.15. The van der Waals surface area contributed by atoms with E-state index in [4.69, 9.17) is 28.5 Å². The molecule has 0 unspecified atom stereocenters. The van der Waals surface area contributed by atoms with E-state index in [-0.39, 0.29) is 11.9 Å². The fraction of sp³-hybridized carbons (Fsp3) is 0.312. The molecule has 124 valence electrons. The highest BCUT2D eigenvalue weighted by molar-refractivity contribution is 7.13. The van der Waals surface area contributed by atoms with Gasteiger partial charge < -0.3 is 10.2 Å². The summed E-state index contributed by atoms with van der Waals surface area (Å²) in [5, 5.41) is 14.8. The Labute approximate surface area is 153 Å². The van der Waals surface area contributed by atoms with Crippen molar-refractivity contribution in [2.75, 3.05) is 13.1 Å². The first-order chi connectivity index (χ1) is 11.6. The van der Waals surface area contributed by atoms with Crippen molar-refractivity contribution in [2.24, 2.45) is 0 Å². The molecule has 1 fully saturated rings. The number of carbonyl (C=O) groups excluding carboxylic acids is 1. The number of amides is 1. The van der Waals surface area contributed by atoms with E-state index in [1.165, 1.54) is 11.3 Å². The molecule has 0 spiro atoms. The predicted octanol–water partition coefficient (Wildman–Crippen LogP) is 3.79. The summed E-state index contributed by atoms with van der Waals surface area (Å²) < 4.78 is 0. The number of nitrogens with zero attached hydrogens (tertiary/aromatic N) is 3. The van der Waals surface area contributed by atoms with Crippen LogP contribution in [0.2, 0.25) is 10.0 Å². The van der Waals surface area contributed by atoms with Crippen LogP contribution in [-0.4, -0.2) is 34.9 Å². The molecule has 24 heavy (non-hydrogen) atoms. The van der Waals surface area contributed by atoms with E-state index >= 15 is 0 Å². The van der Waals surface area contributed by atoms with Crippen LogP contribution < -0.4 is 5.32 Å². The lowest BCUT2D eigenvalue weighted by atomic mass is 10.2. The SMILES string of the molecule is N#CNC[C@H]1CCCN1C(=O)c1csc(-c2ccc(Cl)cc2Cl)n1. The average Bonchev–Trinajstić information content (AvgIpc) is 3.21. The van der Waals surface area contributed by atoms with Gasteiger partial charge in [0.05, 0.1) is 11.1 Å². The topological polar surface area (TPSA) is 69.0 Å². The molecule has 1 amide bonds. The van der Waals surface area contributed by atoms with Gasteiger partial charge in [0, 0.05) is 29.1 Å². The molecule has 1 saturated heterocycles. The van der Waals surface area contributed by atoms with Gasteiger partial charge in [-0.3, -0.25) is 4.79 Å². The number of hydrogen-bond donors (Lipinski definition) is 1. The lowest BCUT2D eigenvalue weighted by Crippen LogP contribution is -2.40. The van der Waals surface area contributed by atoms with E-state index in [0.29, 0.717) is 33.8 Å². The molecule has 2 heterocycles. The highest BCUT2D eigenvalue weighted by atomic mass is 35.5. The number of benzene rings is 1. The van der Waals surface area contributed by atoms with Gasteiger partial charge in [0.15, 0.2) is 6.19 Å². The van der Waals surface area contributed by atoms with Crippen LogP contribution in [0.4, 0.5) is 0 Å². The van der Waals surface area contributed by atoms with Crippen molar-refractivity contribution in [1.29, 1.82) is 5.26 Å². The summed E-state index contributed by atoms with van der Waals surface area (Å²) in [4.78, 5) is 18.9. The Bertz CT molecular complexity index is 802. The van der Waals surface area contributed by atoms with E-state index in [9.17, 15) is 4.79 Å². The van der Waals surface area contributed by atoms with Gasteiger partial charge in [-0.2, -0.15) is 5.26 Å². The molecule has 2 aromatic rings. The number of halogens is 2. The fourth-order valence-electron chi connectivity index (χ4n) is 2.78. The van der Waals surface area contributed by atoms with Crippen LogP contribution in [-0.2, 0) is 0 Å². The Balaban J connectivity index is 1.80. The number of nitriles is 1. The van der Waals surface area contributed by atoms with Crippen LogP contribution in [0.1, 0.15) is 23.3 Å². The smallest absolute Gasteiger partial charge is 0.273 e. The molecule has 1 aromatic heterocycles. The Kier molecular flexibility index (Phi) is 5.24. The van der Waals surface area contributed by atoms with Crippen LogP contribution in [0.15, 0.2) is 23.6 Å². The summed E-state index contributed by atoms with van der Waals surface area (Å²) in [6, 6.07) is 5.23. The number of carbonyl (C=O) groups is 1. The first kappa shape index (κ1) is 17.0. The monoisotopic (exact) mass is 380 g/mol. The maximum atomic E-state index is 12.7. The zero-order chi connectivity index (χ0) is 17.1. The second kappa shape index (κ2) is 7.39. The molecular formula is C16H14Cl2N4OS. The summed E-state index contributed by atoms with van der Waals surface area (Å²) in [5.74, 6) is -0.107. The van der Waals surface area contributed by atoms with Crippen molar-refractivity contribution in [1.82, 2.24) is 15.2 Å². The van der Waals surface area contributed by atoms with Crippen molar-refractivity contribution >= 4 is 40.4 Å². The van der Waals surface area contributed by atoms with Gasteiger partial charge in [0.2, 0.25) is 0 Å². The summed E-state index contributed by atoms with van der Waals surface area (Å²) in [6.45, 7) is 1.16. The number of hydrogen-bond acceptors (Lipinski definition) is 5. The lowest BCUT2D eigenvalue weighted by molar-refractivity contribution is 0.0733. The molecule has 1 aliphatic heterocycles. The minimum absolute atomic E-state index is 0.0291. The van der Waals surface area contributed by atoms with Gasteiger partial charge in [-0.05, 0) is 31.0 Å². The third-order valence-corrected chi connectivity index (χ3v) is 5.36. The van der Waals surface area contributed by atoms with Crippen molar-refractivity contribution < 1.29 is 4.79 Å². The van der Waals surface area contributed by atoms with Gasteiger partial charge in [-0.25, -0.2) is 4.98 Å². The highest BCUT2D eigenvalue weighted by Crippen LogP contribution is 2.33. The molecule has 0 bridgehead atoms. The first-order valence-electron chi connectivity index (χ1n) is 7.44. The summed E-state index contributed by atoms with van der Waals surface area (Å²) >= 11 is 13.5. The fourth-order valence-corrected chi connectivity index (χ4v) is 4.17. The number of thiazole rings is 1. The Hall–Kier alpha value is -1.81. The van der Waals surface area contributed by atoms with E-state index in [0.717, 1.165) is 18.4 Å². The maximum Gasteiger partial charge on any atom is 0.273 e. The Morgan fingerprint density at radius 3 is 3.08 bits per heavy atom. The molecule has 0 saturated carbocycles. The molecule has 1 atom stereocenters.